The Morgan fingerprint density at radius 3 is 2.74 bits per heavy atom. The number of hydrogen-bond donors (Lipinski definition) is 2. The third kappa shape index (κ3) is 2.97. The van der Waals surface area contributed by atoms with Crippen LogP contribution in [-0.2, 0) is 4.79 Å². The Kier molecular flexibility index (Phi) is 3.93. The number of rotatable bonds is 4. The van der Waals surface area contributed by atoms with Gasteiger partial charge in [-0.3, -0.25) is 9.59 Å². The molecule has 0 aliphatic heterocycles. The van der Waals surface area contributed by atoms with E-state index < -0.39 is 5.97 Å². The second-order valence-electron chi connectivity index (χ2n) is 5.37. The van der Waals surface area contributed by atoms with Crippen molar-refractivity contribution < 1.29 is 19.1 Å². The fourth-order valence-corrected chi connectivity index (χ4v) is 2.56. The van der Waals surface area contributed by atoms with Crippen molar-refractivity contribution in [1.29, 1.82) is 0 Å². The first-order valence-electron chi connectivity index (χ1n) is 6.60. The monoisotopic (exact) mass is 265 g/mol. The number of nitrogens with one attached hydrogen (secondary N) is 1. The maximum Gasteiger partial charge on any atom is 0.306 e. The SMILES string of the molecule is CC(C)c1occc1C(=O)N[C@H]1CC[C@@H](C(=O)O)C1. The summed E-state index contributed by atoms with van der Waals surface area (Å²) in [5.41, 5.74) is 0.550. The van der Waals surface area contributed by atoms with Gasteiger partial charge in [0.1, 0.15) is 5.76 Å². The average Bonchev–Trinajstić information content (AvgIpc) is 2.96. The van der Waals surface area contributed by atoms with Crippen LogP contribution in [0.5, 0.6) is 0 Å². The summed E-state index contributed by atoms with van der Waals surface area (Å²) in [6.07, 6.45) is 3.37. The van der Waals surface area contributed by atoms with Gasteiger partial charge in [0.15, 0.2) is 0 Å². The predicted octanol–water partition coefficient (Wildman–Crippen LogP) is 2.39. The number of aliphatic carboxylic acids is 1. The zero-order chi connectivity index (χ0) is 14.0. The molecule has 0 aromatic carbocycles. The van der Waals surface area contributed by atoms with Crippen LogP contribution in [0, 0.1) is 5.92 Å². The predicted molar refractivity (Wildman–Crippen MR) is 69.0 cm³/mol. The van der Waals surface area contributed by atoms with Gasteiger partial charge in [-0.25, -0.2) is 0 Å². The molecule has 2 rings (SSSR count). The number of carboxylic acid groups (broad SMARTS) is 1. The second-order valence-corrected chi connectivity index (χ2v) is 5.37. The molecule has 19 heavy (non-hydrogen) atoms. The lowest BCUT2D eigenvalue weighted by atomic mass is 10.1. The summed E-state index contributed by atoms with van der Waals surface area (Å²) >= 11 is 0. The molecule has 1 heterocycles. The first-order valence-corrected chi connectivity index (χ1v) is 6.60. The minimum absolute atomic E-state index is 0.0523. The summed E-state index contributed by atoms with van der Waals surface area (Å²) in [5.74, 6) is -0.466. The zero-order valence-corrected chi connectivity index (χ0v) is 11.2. The van der Waals surface area contributed by atoms with Gasteiger partial charge in [-0.15, -0.1) is 0 Å². The van der Waals surface area contributed by atoms with Crippen molar-refractivity contribution in [1.82, 2.24) is 5.32 Å². The van der Waals surface area contributed by atoms with E-state index >= 15 is 0 Å². The number of amides is 1. The fourth-order valence-electron chi connectivity index (χ4n) is 2.56. The largest absolute Gasteiger partial charge is 0.481 e. The molecule has 1 fully saturated rings. The third-order valence-corrected chi connectivity index (χ3v) is 3.58. The number of hydrogen-bond acceptors (Lipinski definition) is 3. The van der Waals surface area contributed by atoms with Crippen molar-refractivity contribution in [3.63, 3.8) is 0 Å². The molecule has 0 spiro atoms. The Hall–Kier alpha value is -1.78. The molecule has 0 radical (unpaired) electrons. The highest BCUT2D eigenvalue weighted by Crippen LogP contribution is 2.27. The summed E-state index contributed by atoms with van der Waals surface area (Å²) < 4.78 is 5.32. The van der Waals surface area contributed by atoms with Crippen molar-refractivity contribution in [2.24, 2.45) is 5.92 Å². The highest BCUT2D eigenvalue weighted by molar-refractivity contribution is 5.95. The van der Waals surface area contributed by atoms with Crippen LogP contribution in [-0.4, -0.2) is 23.0 Å². The third-order valence-electron chi connectivity index (χ3n) is 3.58. The van der Waals surface area contributed by atoms with E-state index in [0.29, 0.717) is 24.2 Å². The van der Waals surface area contributed by atoms with E-state index in [2.05, 4.69) is 5.32 Å². The molecule has 104 valence electrons. The van der Waals surface area contributed by atoms with Gasteiger partial charge < -0.3 is 14.8 Å². The Labute approximate surface area is 112 Å². The first-order chi connectivity index (χ1) is 8.99. The van der Waals surface area contributed by atoms with Crippen LogP contribution < -0.4 is 5.32 Å². The van der Waals surface area contributed by atoms with Crippen LogP contribution in [0.2, 0.25) is 0 Å². The van der Waals surface area contributed by atoms with E-state index in [0.717, 1.165) is 6.42 Å². The lowest BCUT2D eigenvalue weighted by molar-refractivity contribution is -0.141. The lowest BCUT2D eigenvalue weighted by Gasteiger charge is -2.13. The molecule has 1 aliphatic carbocycles. The summed E-state index contributed by atoms with van der Waals surface area (Å²) in [6.45, 7) is 3.93. The Bertz CT molecular complexity index is 478. The minimum atomic E-state index is -0.775. The van der Waals surface area contributed by atoms with Gasteiger partial charge in [-0.2, -0.15) is 0 Å². The summed E-state index contributed by atoms with van der Waals surface area (Å²) in [5, 5.41) is 11.8. The van der Waals surface area contributed by atoms with Gasteiger partial charge in [-0.1, -0.05) is 13.8 Å². The van der Waals surface area contributed by atoms with Gasteiger partial charge in [0.05, 0.1) is 17.7 Å². The molecule has 1 aliphatic rings. The normalized spacial score (nSPS) is 22.7. The molecule has 1 aromatic rings. The number of carbonyl (C=O) groups excluding carboxylic acids is 1. The first kappa shape index (κ1) is 13.6. The molecule has 2 N–H and O–H groups in total. The van der Waals surface area contributed by atoms with Crippen LogP contribution >= 0.6 is 0 Å². The second kappa shape index (κ2) is 5.47. The maximum absolute atomic E-state index is 12.1. The van der Waals surface area contributed by atoms with E-state index in [1.807, 2.05) is 13.8 Å². The number of furan rings is 1. The molecule has 0 bridgehead atoms. The fraction of sp³-hybridized carbons (Fsp3) is 0.571. The molecular weight excluding hydrogens is 246 g/mol. The Morgan fingerprint density at radius 1 is 1.42 bits per heavy atom. The highest BCUT2D eigenvalue weighted by Gasteiger charge is 2.31. The molecule has 1 amide bonds. The highest BCUT2D eigenvalue weighted by atomic mass is 16.4. The van der Waals surface area contributed by atoms with Crippen LogP contribution in [0.4, 0.5) is 0 Å². The van der Waals surface area contributed by atoms with E-state index in [1.165, 1.54) is 6.26 Å². The van der Waals surface area contributed by atoms with E-state index in [9.17, 15) is 9.59 Å². The van der Waals surface area contributed by atoms with Crippen molar-refractivity contribution >= 4 is 11.9 Å². The average molecular weight is 265 g/mol. The van der Waals surface area contributed by atoms with Gasteiger partial charge in [-0.05, 0) is 25.3 Å². The van der Waals surface area contributed by atoms with Gasteiger partial charge in [0, 0.05) is 12.0 Å². The molecule has 5 nitrogen and oxygen atoms in total. The zero-order valence-electron chi connectivity index (χ0n) is 11.2. The summed E-state index contributed by atoms with van der Waals surface area (Å²) in [4.78, 5) is 23.0. The van der Waals surface area contributed by atoms with Gasteiger partial charge in [0.2, 0.25) is 0 Å². The smallest absolute Gasteiger partial charge is 0.306 e. The quantitative estimate of drug-likeness (QED) is 0.876. The van der Waals surface area contributed by atoms with E-state index in [-0.39, 0.29) is 23.8 Å². The molecule has 5 heteroatoms. The van der Waals surface area contributed by atoms with Crippen LogP contribution in [0.3, 0.4) is 0 Å². The number of carbonyl (C=O) groups is 2. The number of carboxylic acids is 1. The molecular formula is C14H19NO4. The maximum atomic E-state index is 12.1. The van der Waals surface area contributed by atoms with Gasteiger partial charge in [0.25, 0.3) is 5.91 Å². The van der Waals surface area contributed by atoms with Crippen LogP contribution in [0.25, 0.3) is 0 Å². The molecule has 0 saturated heterocycles. The topological polar surface area (TPSA) is 79.5 Å². The van der Waals surface area contributed by atoms with Crippen molar-refractivity contribution in [2.75, 3.05) is 0 Å². The lowest BCUT2D eigenvalue weighted by Crippen LogP contribution is -2.33. The molecule has 1 saturated carbocycles. The minimum Gasteiger partial charge on any atom is -0.481 e. The van der Waals surface area contributed by atoms with E-state index in [4.69, 9.17) is 9.52 Å². The van der Waals surface area contributed by atoms with Crippen LogP contribution in [0.1, 0.15) is 55.1 Å². The molecule has 0 unspecified atom stereocenters. The van der Waals surface area contributed by atoms with Crippen molar-refractivity contribution in [2.45, 2.75) is 45.1 Å². The summed E-state index contributed by atoms with van der Waals surface area (Å²) in [7, 11) is 0. The standard InChI is InChI=1S/C14H19NO4/c1-8(2)12-11(5-6-19-12)13(16)15-10-4-3-9(7-10)14(17)18/h5-6,8-10H,3-4,7H2,1-2H3,(H,15,16)(H,17,18)/t9-,10+/m1/s1. The van der Waals surface area contributed by atoms with Crippen molar-refractivity contribution in [3.05, 3.63) is 23.7 Å². The molecule has 2 atom stereocenters. The Balaban J connectivity index is 1.98. The van der Waals surface area contributed by atoms with E-state index in [1.54, 1.807) is 6.07 Å². The van der Waals surface area contributed by atoms with Gasteiger partial charge >= 0.3 is 5.97 Å². The molecule has 1 aromatic heterocycles. The van der Waals surface area contributed by atoms with Crippen LogP contribution in [0.15, 0.2) is 16.7 Å². The summed E-state index contributed by atoms with van der Waals surface area (Å²) in [6, 6.07) is 1.61. The Morgan fingerprint density at radius 2 is 2.16 bits per heavy atom. The van der Waals surface area contributed by atoms with Crippen molar-refractivity contribution in [3.8, 4) is 0 Å².